The molecule has 3 aromatic carbocycles. The Balaban J connectivity index is 0.00000102. The molecule has 6 rings (SSSR count). The molecule has 2 unspecified atom stereocenters. The van der Waals surface area contributed by atoms with E-state index in [0.717, 1.165) is 0 Å². The first-order valence-corrected chi connectivity index (χ1v) is 13.3. The maximum Gasteiger partial charge on any atom is -1.00 e. The van der Waals surface area contributed by atoms with Gasteiger partial charge in [-0.25, -0.2) is 0 Å². The van der Waals surface area contributed by atoms with E-state index in [1.165, 1.54) is 37.6 Å². The van der Waals surface area contributed by atoms with Gasteiger partial charge in [0.15, 0.2) is 0 Å². The zero-order valence-electron chi connectivity index (χ0n) is 15.2. The van der Waals surface area contributed by atoms with E-state index < -0.39 is 23.2 Å². The molecule has 3 aliphatic rings. The van der Waals surface area contributed by atoms with E-state index in [1.54, 1.807) is 6.56 Å². The van der Waals surface area contributed by atoms with Gasteiger partial charge in [-0.3, -0.25) is 0 Å². The van der Waals surface area contributed by atoms with E-state index in [4.69, 9.17) is 0 Å². The molecule has 0 saturated heterocycles. The van der Waals surface area contributed by atoms with Crippen LogP contribution in [0.4, 0.5) is 0 Å². The van der Waals surface area contributed by atoms with Crippen molar-refractivity contribution in [1.29, 1.82) is 0 Å². The van der Waals surface area contributed by atoms with E-state index in [2.05, 4.69) is 94.8 Å². The summed E-state index contributed by atoms with van der Waals surface area (Å²) in [5, 5.41) is 0. The van der Waals surface area contributed by atoms with Crippen molar-refractivity contribution in [3.8, 4) is 0 Å². The molecule has 0 nitrogen and oxygen atoms in total. The zero-order chi connectivity index (χ0) is 18.0. The van der Waals surface area contributed by atoms with Gasteiger partial charge in [-0.1, -0.05) is 0 Å². The standard InChI is InChI=1S/C15H9S.C9H6Br.2ClH.Zr/c1-3-10-9-11(4-1)16-15-6-2-5-13-12(10)7-8-14(13)15;10-9-6-5-7-3-1-2-4-8(7)9;;;/h1-6,8-9,12H;1-5,9H;2*1H;/q;;;;+2/p-2. The molecule has 2 atom stereocenters. The minimum Gasteiger partial charge on any atom is -1.00 e. The number of rotatable bonds is 2. The van der Waals surface area contributed by atoms with Gasteiger partial charge in [-0.2, -0.15) is 0 Å². The number of allylic oxidation sites excluding steroid dienone is 2. The van der Waals surface area contributed by atoms with Gasteiger partial charge in [0, 0.05) is 0 Å². The molecule has 29 heavy (non-hydrogen) atoms. The van der Waals surface area contributed by atoms with Gasteiger partial charge in [0.2, 0.25) is 0 Å². The number of alkyl halides is 1. The van der Waals surface area contributed by atoms with Crippen molar-refractivity contribution in [3.05, 3.63) is 101 Å². The molecule has 0 amide bonds. The van der Waals surface area contributed by atoms with E-state index in [1.807, 2.05) is 11.8 Å². The van der Waals surface area contributed by atoms with Crippen LogP contribution in [0.1, 0.15) is 38.6 Å². The van der Waals surface area contributed by atoms with Crippen molar-refractivity contribution in [2.45, 2.75) is 20.5 Å². The fourth-order valence-corrected chi connectivity index (χ4v) is 10.4. The van der Waals surface area contributed by atoms with Crippen LogP contribution in [0, 0.1) is 0 Å². The molecule has 0 N–H and O–H groups in total. The van der Waals surface area contributed by atoms with Crippen LogP contribution in [0.3, 0.4) is 0 Å². The van der Waals surface area contributed by atoms with Gasteiger partial charge >= 0.3 is 185 Å². The van der Waals surface area contributed by atoms with E-state index in [0.29, 0.717) is 10.7 Å². The van der Waals surface area contributed by atoms with Gasteiger partial charge < -0.3 is 24.8 Å². The summed E-state index contributed by atoms with van der Waals surface area (Å²) < 4.78 is 3.32. The number of hydrogen-bond donors (Lipinski definition) is 0. The van der Waals surface area contributed by atoms with Crippen LogP contribution < -0.4 is 24.8 Å². The minimum atomic E-state index is -0.874. The second-order valence-corrected chi connectivity index (χ2v) is 12.7. The number of halogens is 3. The number of fused-ring (bicyclic) bond motifs is 4. The summed E-state index contributed by atoms with van der Waals surface area (Å²) in [7, 11) is 0. The van der Waals surface area contributed by atoms with Crippen molar-refractivity contribution in [1.82, 2.24) is 0 Å². The first-order valence-electron chi connectivity index (χ1n) is 9.12. The molecule has 0 radical (unpaired) electrons. The third-order valence-corrected chi connectivity index (χ3v) is 12.2. The molecular weight excluding hydrogens is 562 g/mol. The minimum absolute atomic E-state index is 0. The summed E-state index contributed by atoms with van der Waals surface area (Å²) >= 11 is 5.02. The monoisotopic (exact) mass is 574 g/mol. The van der Waals surface area contributed by atoms with Crippen LogP contribution in [0.2, 0.25) is 0 Å². The van der Waals surface area contributed by atoms with E-state index in [9.17, 15) is 0 Å². The Kier molecular flexibility index (Phi) is 6.36. The summed E-state index contributed by atoms with van der Waals surface area (Å²) in [6.07, 6.45) is 4.99. The fraction of sp³-hybridized carbons (Fsp3) is 0.0833. The van der Waals surface area contributed by atoms with E-state index in [-0.39, 0.29) is 24.8 Å². The van der Waals surface area contributed by atoms with Crippen LogP contribution in [0.15, 0.2) is 83.1 Å². The normalized spacial score (nSPS) is 19.5. The van der Waals surface area contributed by atoms with E-state index >= 15 is 0 Å². The van der Waals surface area contributed by atoms with Crippen LogP contribution in [0.25, 0.3) is 12.2 Å². The van der Waals surface area contributed by atoms with Gasteiger partial charge in [0.1, 0.15) is 0 Å². The maximum atomic E-state index is 3.99. The third kappa shape index (κ3) is 3.58. The van der Waals surface area contributed by atoms with Crippen molar-refractivity contribution < 1.29 is 48.0 Å². The van der Waals surface area contributed by atoms with Gasteiger partial charge in [0.25, 0.3) is 0 Å². The molecule has 3 aromatic rings. The average Bonchev–Trinajstić information content (AvgIpc) is 3.22. The maximum absolute atomic E-state index is 3.99. The first kappa shape index (κ1) is 21.7. The number of benzene rings is 3. The van der Waals surface area contributed by atoms with Crippen molar-refractivity contribution in [2.75, 3.05) is 0 Å². The predicted molar refractivity (Wildman–Crippen MR) is 113 cm³/mol. The smallest absolute Gasteiger partial charge is 1.00 e. The summed E-state index contributed by atoms with van der Waals surface area (Å²) in [4.78, 5) is 3.17. The topological polar surface area (TPSA) is 0 Å². The third-order valence-electron chi connectivity index (χ3n) is 5.58. The molecule has 0 spiro atoms. The van der Waals surface area contributed by atoms with Gasteiger partial charge in [0.05, 0.1) is 0 Å². The zero-order valence-corrected chi connectivity index (χ0v) is 21.6. The van der Waals surface area contributed by atoms with Crippen LogP contribution in [-0.4, -0.2) is 0 Å². The average molecular weight is 577 g/mol. The molecule has 0 aromatic heterocycles. The summed E-state index contributed by atoms with van der Waals surface area (Å²) in [5.41, 5.74) is 7.27. The fourth-order valence-electron chi connectivity index (χ4n) is 4.36. The molecule has 1 aliphatic heterocycles. The Labute approximate surface area is 207 Å². The summed E-state index contributed by atoms with van der Waals surface area (Å²) in [6.45, 7) is 0. The first-order chi connectivity index (χ1) is 13.3. The Morgan fingerprint density at radius 3 is 2.45 bits per heavy atom. The van der Waals surface area contributed by atoms with Crippen molar-refractivity contribution in [3.63, 3.8) is 0 Å². The van der Waals surface area contributed by atoms with Gasteiger partial charge in [-0.15, -0.1) is 0 Å². The number of hydrogen-bond acceptors (Lipinski definition) is 1. The molecule has 142 valence electrons. The van der Waals surface area contributed by atoms with Crippen LogP contribution in [0.5, 0.6) is 0 Å². The Bertz CT molecular complexity index is 1170. The molecule has 2 aliphatic carbocycles. The Hall–Kier alpha value is -0.567. The van der Waals surface area contributed by atoms with Gasteiger partial charge in [-0.05, 0) is 0 Å². The molecule has 0 fully saturated rings. The predicted octanol–water partition coefficient (Wildman–Crippen LogP) is 1.22. The largest absolute Gasteiger partial charge is 1.00 e. The molecular formula is C24H15BrCl2SZr. The van der Waals surface area contributed by atoms with Crippen LogP contribution >= 0.6 is 27.7 Å². The molecule has 6 bridgehead atoms. The quantitative estimate of drug-likeness (QED) is 0.413. The Morgan fingerprint density at radius 1 is 0.793 bits per heavy atom. The second kappa shape index (κ2) is 8.52. The van der Waals surface area contributed by atoms with Crippen molar-refractivity contribution in [2.24, 2.45) is 0 Å². The molecule has 1 heterocycles. The van der Waals surface area contributed by atoms with Crippen molar-refractivity contribution >= 4 is 39.8 Å². The summed E-state index contributed by atoms with van der Waals surface area (Å²) in [5.74, 6) is 0.455. The molecule has 0 saturated carbocycles. The van der Waals surface area contributed by atoms with Crippen LogP contribution in [-0.2, 0) is 23.2 Å². The summed E-state index contributed by atoms with van der Waals surface area (Å²) in [6, 6.07) is 24.9. The SMILES string of the molecule is BrC1[C]([Zr+2][C]2=Cc3c4cccc3C2c2cccc(c2)S4)=Cc2ccccc21.[Cl-].[Cl-]. The molecule has 5 heteroatoms. The Morgan fingerprint density at radius 2 is 1.59 bits per heavy atom. The second-order valence-electron chi connectivity index (χ2n) is 7.18.